The Kier molecular flexibility index (Phi) is 3.44. The van der Waals surface area contributed by atoms with E-state index in [9.17, 15) is 19.8 Å². The number of ether oxygens (including phenoxy) is 2. The molecule has 19 heavy (non-hydrogen) atoms. The molecule has 102 valence electrons. The highest BCUT2D eigenvalue weighted by Crippen LogP contribution is 2.42. The molecule has 6 nitrogen and oxygen atoms in total. The Hall–Kier alpha value is -2.08. The summed E-state index contributed by atoms with van der Waals surface area (Å²) in [5, 5.41) is 19.8. The van der Waals surface area contributed by atoms with E-state index >= 15 is 0 Å². The van der Waals surface area contributed by atoms with Crippen molar-refractivity contribution in [2.75, 3.05) is 7.11 Å². The third kappa shape index (κ3) is 2.26. The molecule has 0 saturated carbocycles. The number of cyclic esters (lactones) is 1. The number of phenolic OH excluding ortho intramolecular Hbond substituents is 2. The van der Waals surface area contributed by atoms with Gasteiger partial charge in [0.1, 0.15) is 17.6 Å². The molecule has 6 heteroatoms. The molecule has 0 amide bonds. The zero-order chi connectivity index (χ0) is 14.2. The van der Waals surface area contributed by atoms with Crippen molar-refractivity contribution < 1.29 is 29.3 Å². The minimum atomic E-state index is -0.822. The summed E-state index contributed by atoms with van der Waals surface area (Å²) in [6.45, 7) is 1.30. The molecule has 2 atom stereocenters. The summed E-state index contributed by atoms with van der Waals surface area (Å²) >= 11 is 0. The lowest BCUT2D eigenvalue weighted by Gasteiger charge is -2.14. The predicted molar refractivity (Wildman–Crippen MR) is 64.0 cm³/mol. The van der Waals surface area contributed by atoms with Crippen LogP contribution in [-0.2, 0) is 14.3 Å². The highest BCUT2D eigenvalue weighted by atomic mass is 16.6. The largest absolute Gasteiger partial charge is 0.507 e. The molecule has 1 saturated heterocycles. The maximum absolute atomic E-state index is 11.5. The molecule has 0 spiro atoms. The van der Waals surface area contributed by atoms with Crippen LogP contribution in [0.1, 0.15) is 35.4 Å². The first kappa shape index (κ1) is 13.4. The van der Waals surface area contributed by atoms with Crippen LogP contribution in [0.4, 0.5) is 0 Å². The van der Waals surface area contributed by atoms with Crippen molar-refractivity contribution in [2.24, 2.45) is 0 Å². The lowest BCUT2D eigenvalue weighted by molar-refractivity contribution is -0.148. The fraction of sp³-hybridized carbons (Fsp3) is 0.385. The maximum Gasteiger partial charge on any atom is 0.336 e. The van der Waals surface area contributed by atoms with E-state index in [1.165, 1.54) is 26.2 Å². The van der Waals surface area contributed by atoms with Crippen molar-refractivity contribution in [1.29, 1.82) is 0 Å². The molecular formula is C13H14O6. The molecule has 0 radical (unpaired) electrons. The van der Waals surface area contributed by atoms with Crippen molar-refractivity contribution in [3.8, 4) is 11.5 Å². The van der Waals surface area contributed by atoms with E-state index in [1.54, 1.807) is 0 Å². The molecule has 1 heterocycles. The van der Waals surface area contributed by atoms with E-state index in [-0.39, 0.29) is 34.8 Å². The van der Waals surface area contributed by atoms with Gasteiger partial charge in [-0.2, -0.15) is 0 Å². The van der Waals surface area contributed by atoms with Gasteiger partial charge >= 0.3 is 5.97 Å². The molecule has 1 aliphatic rings. The summed E-state index contributed by atoms with van der Waals surface area (Å²) in [6, 6.07) is 2.61. The smallest absolute Gasteiger partial charge is 0.336 e. The van der Waals surface area contributed by atoms with Crippen LogP contribution in [0.2, 0.25) is 0 Å². The molecule has 1 aromatic rings. The van der Waals surface area contributed by atoms with E-state index in [0.29, 0.717) is 0 Å². The van der Waals surface area contributed by atoms with Crippen molar-refractivity contribution in [3.63, 3.8) is 0 Å². The fourth-order valence-electron chi connectivity index (χ4n) is 2.12. The summed E-state index contributed by atoms with van der Waals surface area (Å²) in [7, 11) is 1.38. The van der Waals surface area contributed by atoms with Gasteiger partial charge in [-0.3, -0.25) is 4.79 Å². The van der Waals surface area contributed by atoms with Gasteiger partial charge in [0.2, 0.25) is 0 Å². The Morgan fingerprint density at radius 2 is 2.11 bits per heavy atom. The second-order valence-electron chi connectivity index (χ2n) is 4.34. The number of Topliss-reactive ketones (excluding diaryl/α,β-unsaturated/α-hetero) is 1. The lowest BCUT2D eigenvalue weighted by Crippen LogP contribution is -2.15. The fourth-order valence-corrected chi connectivity index (χ4v) is 2.12. The zero-order valence-corrected chi connectivity index (χ0v) is 10.5. The summed E-state index contributed by atoms with van der Waals surface area (Å²) < 4.78 is 9.98. The number of hydrogen-bond acceptors (Lipinski definition) is 6. The van der Waals surface area contributed by atoms with Crippen LogP contribution >= 0.6 is 0 Å². The van der Waals surface area contributed by atoms with E-state index in [2.05, 4.69) is 0 Å². The maximum atomic E-state index is 11.5. The van der Waals surface area contributed by atoms with Crippen molar-refractivity contribution in [2.45, 2.75) is 25.6 Å². The topological polar surface area (TPSA) is 93.1 Å². The van der Waals surface area contributed by atoms with Gasteiger partial charge in [0.05, 0.1) is 11.1 Å². The molecule has 0 unspecified atom stereocenters. The Morgan fingerprint density at radius 3 is 2.63 bits per heavy atom. The molecule has 2 rings (SSSR count). The van der Waals surface area contributed by atoms with E-state index in [0.717, 1.165) is 0 Å². The van der Waals surface area contributed by atoms with Crippen LogP contribution in [0.3, 0.4) is 0 Å². The number of esters is 1. The third-order valence-corrected chi connectivity index (χ3v) is 3.13. The average Bonchev–Trinajstić information content (AvgIpc) is 2.70. The number of carbonyl (C=O) groups excluding carboxylic acids is 2. The summed E-state index contributed by atoms with van der Waals surface area (Å²) in [5.74, 6) is -1.48. The average molecular weight is 266 g/mol. The van der Waals surface area contributed by atoms with Crippen LogP contribution in [-0.4, -0.2) is 35.2 Å². The first-order valence-corrected chi connectivity index (χ1v) is 5.74. The summed E-state index contributed by atoms with van der Waals surface area (Å²) in [6.07, 6.45) is -1.38. The Labute approximate surface area is 109 Å². The standard InChI is InChI=1S/C13H14O6/c1-6(14)7-3-4-8(15)11(12(7)16)9-5-10(18-2)13(17)19-9/h3-4,9-10,15-16H,5H2,1-2H3/t9-,10-/m1/s1. The third-order valence-electron chi connectivity index (χ3n) is 3.13. The number of rotatable bonds is 3. The van der Waals surface area contributed by atoms with Crippen molar-refractivity contribution >= 4 is 11.8 Å². The van der Waals surface area contributed by atoms with Crippen LogP contribution in [0, 0.1) is 0 Å². The predicted octanol–water partition coefficient (Wildman–Crippen LogP) is 1.30. The monoisotopic (exact) mass is 266 g/mol. The molecule has 0 aromatic heterocycles. The van der Waals surface area contributed by atoms with Crippen LogP contribution in [0.5, 0.6) is 11.5 Å². The minimum absolute atomic E-state index is 0.0422. The van der Waals surface area contributed by atoms with Crippen LogP contribution < -0.4 is 0 Å². The van der Waals surface area contributed by atoms with E-state index in [4.69, 9.17) is 9.47 Å². The van der Waals surface area contributed by atoms with Gasteiger partial charge in [0, 0.05) is 13.5 Å². The van der Waals surface area contributed by atoms with Gasteiger partial charge in [0.25, 0.3) is 0 Å². The number of benzene rings is 1. The normalized spacial score (nSPS) is 22.3. The molecule has 1 aromatic carbocycles. The van der Waals surface area contributed by atoms with Gasteiger partial charge in [0.15, 0.2) is 11.9 Å². The van der Waals surface area contributed by atoms with Gasteiger partial charge in [-0.05, 0) is 19.1 Å². The minimum Gasteiger partial charge on any atom is -0.507 e. The van der Waals surface area contributed by atoms with Crippen LogP contribution in [0.15, 0.2) is 12.1 Å². The number of hydrogen-bond donors (Lipinski definition) is 2. The Morgan fingerprint density at radius 1 is 1.42 bits per heavy atom. The number of methoxy groups -OCH3 is 1. The summed E-state index contributed by atoms with van der Waals surface area (Å²) in [4.78, 5) is 22.8. The zero-order valence-electron chi connectivity index (χ0n) is 10.5. The van der Waals surface area contributed by atoms with Gasteiger partial charge in [-0.15, -0.1) is 0 Å². The molecular weight excluding hydrogens is 252 g/mol. The van der Waals surface area contributed by atoms with Gasteiger partial charge < -0.3 is 19.7 Å². The SMILES string of the molecule is CO[C@@H]1C[C@H](c2c(O)ccc(C(C)=O)c2O)OC1=O. The molecule has 1 fully saturated rings. The molecule has 0 bridgehead atoms. The quantitative estimate of drug-likeness (QED) is 0.632. The van der Waals surface area contributed by atoms with Crippen molar-refractivity contribution in [1.82, 2.24) is 0 Å². The molecule has 1 aliphatic heterocycles. The van der Waals surface area contributed by atoms with E-state index < -0.39 is 18.2 Å². The second kappa shape index (κ2) is 4.89. The highest BCUT2D eigenvalue weighted by molar-refractivity contribution is 5.97. The van der Waals surface area contributed by atoms with E-state index in [1.807, 2.05) is 0 Å². The molecule has 2 N–H and O–H groups in total. The lowest BCUT2D eigenvalue weighted by atomic mass is 9.98. The summed E-state index contributed by atoms with van der Waals surface area (Å²) in [5.41, 5.74) is 0.116. The Bertz CT molecular complexity index is 536. The number of ketones is 1. The Balaban J connectivity index is 2.43. The van der Waals surface area contributed by atoms with Crippen LogP contribution in [0.25, 0.3) is 0 Å². The van der Waals surface area contributed by atoms with Gasteiger partial charge in [-0.25, -0.2) is 4.79 Å². The highest BCUT2D eigenvalue weighted by Gasteiger charge is 2.38. The number of aromatic hydroxyl groups is 2. The molecule has 0 aliphatic carbocycles. The number of carbonyl (C=O) groups is 2. The first-order chi connectivity index (χ1) is 8.95. The first-order valence-electron chi connectivity index (χ1n) is 5.74. The second-order valence-corrected chi connectivity index (χ2v) is 4.34. The number of phenols is 2. The van der Waals surface area contributed by atoms with Crippen molar-refractivity contribution in [3.05, 3.63) is 23.3 Å². The van der Waals surface area contributed by atoms with Gasteiger partial charge in [-0.1, -0.05) is 0 Å².